The number of amides is 1. The fourth-order valence-electron chi connectivity index (χ4n) is 2.23. The molecule has 116 valence electrons. The van der Waals surface area contributed by atoms with Gasteiger partial charge in [-0.1, -0.05) is 6.07 Å². The van der Waals surface area contributed by atoms with Crippen molar-refractivity contribution in [1.29, 1.82) is 0 Å². The van der Waals surface area contributed by atoms with Crippen LogP contribution in [0.3, 0.4) is 0 Å². The summed E-state index contributed by atoms with van der Waals surface area (Å²) in [7, 11) is 0. The number of hydrogen-bond donors (Lipinski definition) is 2. The number of anilines is 1. The van der Waals surface area contributed by atoms with E-state index in [0.717, 1.165) is 11.3 Å². The molecule has 2 aromatic carbocycles. The van der Waals surface area contributed by atoms with Crippen LogP contribution in [0.5, 0.6) is 0 Å². The Morgan fingerprint density at radius 1 is 1.22 bits per heavy atom. The monoisotopic (exact) mass is 310 g/mol. The Hall–Kier alpha value is -3.15. The molecule has 3 aromatic rings. The molecule has 1 aromatic heterocycles. The first-order valence-electron chi connectivity index (χ1n) is 7.04. The fourth-order valence-corrected chi connectivity index (χ4v) is 2.23. The molecule has 0 fully saturated rings. The number of nitrogens with two attached hydrogens (primary N) is 1. The molecule has 0 aliphatic carbocycles. The second kappa shape index (κ2) is 6.31. The smallest absolute Gasteiger partial charge is 0.248 e. The maximum atomic E-state index is 14.2. The van der Waals surface area contributed by atoms with E-state index < -0.39 is 5.91 Å². The molecule has 0 radical (unpaired) electrons. The van der Waals surface area contributed by atoms with E-state index in [9.17, 15) is 9.18 Å². The van der Waals surface area contributed by atoms with Gasteiger partial charge in [-0.25, -0.2) is 9.37 Å². The van der Waals surface area contributed by atoms with Gasteiger partial charge in [0.25, 0.3) is 0 Å². The highest BCUT2D eigenvalue weighted by molar-refractivity contribution is 5.93. The van der Waals surface area contributed by atoms with Gasteiger partial charge in [0.05, 0.1) is 12.0 Å². The van der Waals surface area contributed by atoms with E-state index in [1.54, 1.807) is 53.6 Å². The first-order valence-corrected chi connectivity index (χ1v) is 7.04. The summed E-state index contributed by atoms with van der Waals surface area (Å²) >= 11 is 0. The lowest BCUT2D eigenvalue weighted by Gasteiger charge is -2.09. The van der Waals surface area contributed by atoms with Crippen molar-refractivity contribution >= 4 is 11.6 Å². The number of nitrogens with one attached hydrogen (secondary N) is 1. The predicted molar refractivity (Wildman–Crippen MR) is 85.8 cm³/mol. The van der Waals surface area contributed by atoms with Crippen LogP contribution < -0.4 is 11.1 Å². The SMILES string of the molecule is NC(=O)c1ccc(NCc2ccc(-n3ccnc3)c(F)c2)cc1. The number of benzene rings is 2. The van der Waals surface area contributed by atoms with Crippen molar-refractivity contribution in [3.8, 4) is 5.69 Å². The zero-order chi connectivity index (χ0) is 16.2. The highest BCUT2D eigenvalue weighted by Gasteiger charge is 2.05. The first-order chi connectivity index (χ1) is 11.1. The van der Waals surface area contributed by atoms with Crippen LogP contribution in [0.15, 0.2) is 61.2 Å². The fraction of sp³-hybridized carbons (Fsp3) is 0.0588. The predicted octanol–water partition coefficient (Wildman–Crippen LogP) is 2.72. The highest BCUT2D eigenvalue weighted by atomic mass is 19.1. The number of nitrogens with zero attached hydrogens (tertiary/aromatic N) is 2. The summed E-state index contributed by atoms with van der Waals surface area (Å²) < 4.78 is 15.8. The molecule has 1 amide bonds. The third-order valence-corrected chi connectivity index (χ3v) is 3.46. The minimum absolute atomic E-state index is 0.314. The van der Waals surface area contributed by atoms with Crippen molar-refractivity contribution in [2.45, 2.75) is 6.54 Å². The van der Waals surface area contributed by atoms with Crippen LogP contribution in [0.1, 0.15) is 15.9 Å². The Balaban J connectivity index is 1.69. The average Bonchev–Trinajstić information content (AvgIpc) is 3.07. The number of carbonyl (C=O) groups excluding carboxylic acids is 1. The van der Waals surface area contributed by atoms with E-state index in [1.165, 1.54) is 6.07 Å². The van der Waals surface area contributed by atoms with Gasteiger partial charge in [0, 0.05) is 30.2 Å². The van der Waals surface area contributed by atoms with Gasteiger partial charge < -0.3 is 15.6 Å². The van der Waals surface area contributed by atoms with Crippen molar-refractivity contribution in [3.63, 3.8) is 0 Å². The average molecular weight is 310 g/mol. The second-order valence-corrected chi connectivity index (χ2v) is 5.05. The molecular formula is C17H15FN4O. The van der Waals surface area contributed by atoms with Gasteiger partial charge in [-0.15, -0.1) is 0 Å². The minimum atomic E-state index is -0.464. The zero-order valence-electron chi connectivity index (χ0n) is 12.2. The van der Waals surface area contributed by atoms with E-state index in [1.807, 2.05) is 6.07 Å². The Morgan fingerprint density at radius 2 is 2.00 bits per heavy atom. The molecule has 0 aliphatic heterocycles. The summed E-state index contributed by atoms with van der Waals surface area (Å²) in [5.41, 5.74) is 7.74. The van der Waals surface area contributed by atoms with Crippen molar-refractivity contribution in [2.24, 2.45) is 5.73 Å². The second-order valence-electron chi connectivity index (χ2n) is 5.05. The van der Waals surface area contributed by atoms with Crippen LogP contribution in [0, 0.1) is 5.82 Å². The van der Waals surface area contributed by atoms with Gasteiger partial charge in [-0.05, 0) is 42.0 Å². The van der Waals surface area contributed by atoms with E-state index in [0.29, 0.717) is 17.8 Å². The van der Waals surface area contributed by atoms with E-state index in [-0.39, 0.29) is 5.82 Å². The Labute approximate surface area is 132 Å². The number of hydrogen-bond acceptors (Lipinski definition) is 3. The maximum Gasteiger partial charge on any atom is 0.248 e. The number of primary amides is 1. The van der Waals surface area contributed by atoms with E-state index in [4.69, 9.17) is 5.73 Å². The van der Waals surface area contributed by atoms with Crippen molar-refractivity contribution in [1.82, 2.24) is 9.55 Å². The molecule has 6 heteroatoms. The largest absolute Gasteiger partial charge is 0.381 e. The van der Waals surface area contributed by atoms with Crippen LogP contribution in [-0.2, 0) is 6.54 Å². The van der Waals surface area contributed by atoms with Crippen LogP contribution in [0.2, 0.25) is 0 Å². The van der Waals surface area contributed by atoms with Crippen LogP contribution in [-0.4, -0.2) is 15.5 Å². The molecule has 0 saturated carbocycles. The number of rotatable bonds is 5. The highest BCUT2D eigenvalue weighted by Crippen LogP contribution is 2.16. The third kappa shape index (κ3) is 3.37. The van der Waals surface area contributed by atoms with Gasteiger partial charge in [-0.3, -0.25) is 4.79 Å². The minimum Gasteiger partial charge on any atom is -0.381 e. The first kappa shape index (κ1) is 14.8. The summed E-state index contributed by atoms with van der Waals surface area (Å²) in [5.74, 6) is -0.778. The molecule has 0 spiro atoms. The van der Waals surface area contributed by atoms with Gasteiger partial charge in [0.1, 0.15) is 5.82 Å². The number of carbonyl (C=O) groups is 1. The van der Waals surface area contributed by atoms with Gasteiger partial charge in [-0.2, -0.15) is 0 Å². The molecule has 3 N–H and O–H groups in total. The van der Waals surface area contributed by atoms with Crippen molar-refractivity contribution in [3.05, 3.63) is 78.1 Å². The number of aromatic nitrogens is 2. The summed E-state index contributed by atoms with van der Waals surface area (Å²) in [5, 5.41) is 3.17. The standard InChI is InChI=1S/C17H15FN4O/c18-15-9-12(1-6-16(15)22-8-7-20-11-22)10-21-14-4-2-13(3-5-14)17(19)23/h1-9,11,21H,10H2,(H2,19,23). The molecule has 3 rings (SSSR count). The number of imidazole rings is 1. The topological polar surface area (TPSA) is 72.9 Å². The summed E-state index contributed by atoms with van der Waals surface area (Å²) in [4.78, 5) is 14.9. The molecule has 0 bridgehead atoms. The molecule has 0 atom stereocenters. The zero-order valence-corrected chi connectivity index (χ0v) is 12.2. The molecule has 0 aliphatic rings. The quantitative estimate of drug-likeness (QED) is 0.761. The van der Waals surface area contributed by atoms with Crippen molar-refractivity contribution < 1.29 is 9.18 Å². The molecule has 1 heterocycles. The molecular weight excluding hydrogens is 295 g/mol. The van der Waals surface area contributed by atoms with Gasteiger partial charge in [0.2, 0.25) is 5.91 Å². The Morgan fingerprint density at radius 3 is 2.61 bits per heavy atom. The molecule has 5 nitrogen and oxygen atoms in total. The lowest BCUT2D eigenvalue weighted by atomic mass is 10.1. The molecule has 0 saturated heterocycles. The van der Waals surface area contributed by atoms with Crippen LogP contribution >= 0.6 is 0 Å². The Kier molecular flexibility index (Phi) is 4.05. The normalized spacial score (nSPS) is 10.5. The number of halogens is 1. The van der Waals surface area contributed by atoms with Crippen LogP contribution in [0.4, 0.5) is 10.1 Å². The lowest BCUT2D eigenvalue weighted by Crippen LogP contribution is -2.10. The Bertz CT molecular complexity index is 813. The summed E-state index contributed by atoms with van der Waals surface area (Å²) in [6, 6.07) is 11.9. The van der Waals surface area contributed by atoms with E-state index >= 15 is 0 Å². The summed E-state index contributed by atoms with van der Waals surface area (Å²) in [6.07, 6.45) is 4.85. The van der Waals surface area contributed by atoms with E-state index in [2.05, 4.69) is 10.3 Å². The van der Waals surface area contributed by atoms with Crippen molar-refractivity contribution in [2.75, 3.05) is 5.32 Å². The maximum absolute atomic E-state index is 14.2. The van der Waals surface area contributed by atoms with Crippen LogP contribution in [0.25, 0.3) is 5.69 Å². The van der Waals surface area contributed by atoms with Gasteiger partial charge >= 0.3 is 0 Å². The molecule has 0 unspecified atom stereocenters. The third-order valence-electron chi connectivity index (χ3n) is 3.46. The lowest BCUT2D eigenvalue weighted by molar-refractivity contribution is 0.100. The van der Waals surface area contributed by atoms with Gasteiger partial charge in [0.15, 0.2) is 0 Å². The molecule has 23 heavy (non-hydrogen) atoms. The summed E-state index contributed by atoms with van der Waals surface area (Å²) in [6.45, 7) is 0.469.